The summed E-state index contributed by atoms with van der Waals surface area (Å²) in [6, 6.07) is 10.9. The SMILES string of the molecule is CN1C(C)(C)CC(c2c[nH]c(-c3ccc(F)cc3)c2-c2ccncc2)CC1(C)C. The minimum atomic E-state index is -0.218. The van der Waals surface area contributed by atoms with Crippen LogP contribution in [-0.4, -0.2) is 33.0 Å². The highest BCUT2D eigenvalue weighted by molar-refractivity contribution is 5.84. The number of likely N-dealkylation sites (tertiary alicyclic amines) is 1. The molecule has 1 aromatic carbocycles. The maximum absolute atomic E-state index is 13.5. The van der Waals surface area contributed by atoms with E-state index >= 15 is 0 Å². The largest absolute Gasteiger partial charge is 0.360 e. The molecule has 1 saturated heterocycles. The first-order valence-corrected chi connectivity index (χ1v) is 10.3. The van der Waals surface area contributed by atoms with Gasteiger partial charge in [0, 0.05) is 35.2 Å². The molecule has 1 aliphatic heterocycles. The predicted molar refractivity (Wildman–Crippen MR) is 117 cm³/mol. The van der Waals surface area contributed by atoms with Gasteiger partial charge in [0.15, 0.2) is 0 Å². The third-order valence-electron chi connectivity index (χ3n) is 6.76. The average molecular weight is 392 g/mol. The van der Waals surface area contributed by atoms with E-state index in [1.807, 2.05) is 24.5 Å². The van der Waals surface area contributed by atoms with Crippen LogP contribution in [0.25, 0.3) is 22.4 Å². The summed E-state index contributed by atoms with van der Waals surface area (Å²) >= 11 is 0. The third kappa shape index (κ3) is 3.62. The van der Waals surface area contributed by atoms with Crippen LogP contribution in [0.5, 0.6) is 0 Å². The predicted octanol–water partition coefficient (Wildman–Crippen LogP) is 6.25. The van der Waals surface area contributed by atoms with Crippen molar-refractivity contribution in [3.8, 4) is 22.4 Å². The Kier molecular flexibility index (Phi) is 4.86. The summed E-state index contributed by atoms with van der Waals surface area (Å²) in [5.41, 5.74) is 5.94. The zero-order valence-corrected chi connectivity index (χ0v) is 18.0. The average Bonchev–Trinajstić information content (AvgIpc) is 3.12. The molecular weight excluding hydrogens is 361 g/mol. The van der Waals surface area contributed by atoms with E-state index in [0.29, 0.717) is 5.92 Å². The number of benzene rings is 1. The van der Waals surface area contributed by atoms with E-state index in [2.05, 4.69) is 67.9 Å². The Morgan fingerprint density at radius 3 is 2.10 bits per heavy atom. The summed E-state index contributed by atoms with van der Waals surface area (Å²) in [6.07, 6.45) is 8.01. The molecule has 3 nitrogen and oxygen atoms in total. The molecule has 1 N–H and O–H groups in total. The number of halogens is 1. The smallest absolute Gasteiger partial charge is 0.123 e. The van der Waals surface area contributed by atoms with Crippen molar-refractivity contribution in [2.24, 2.45) is 0 Å². The minimum Gasteiger partial charge on any atom is -0.360 e. The van der Waals surface area contributed by atoms with Crippen LogP contribution in [0, 0.1) is 5.82 Å². The van der Waals surface area contributed by atoms with E-state index in [-0.39, 0.29) is 16.9 Å². The van der Waals surface area contributed by atoms with Gasteiger partial charge in [0.1, 0.15) is 5.82 Å². The van der Waals surface area contributed by atoms with E-state index in [9.17, 15) is 4.39 Å². The van der Waals surface area contributed by atoms with Gasteiger partial charge in [0.25, 0.3) is 0 Å². The molecule has 0 amide bonds. The summed E-state index contributed by atoms with van der Waals surface area (Å²) in [5, 5.41) is 0. The number of pyridine rings is 1. The maximum Gasteiger partial charge on any atom is 0.123 e. The number of H-pyrrole nitrogens is 1. The zero-order valence-electron chi connectivity index (χ0n) is 18.0. The van der Waals surface area contributed by atoms with E-state index in [1.54, 1.807) is 0 Å². The summed E-state index contributed by atoms with van der Waals surface area (Å²) < 4.78 is 13.5. The summed E-state index contributed by atoms with van der Waals surface area (Å²) in [5.74, 6) is 0.217. The van der Waals surface area contributed by atoms with Crippen molar-refractivity contribution >= 4 is 0 Å². The lowest BCUT2D eigenvalue weighted by Crippen LogP contribution is -2.58. The lowest BCUT2D eigenvalue weighted by molar-refractivity contribution is -0.0127. The van der Waals surface area contributed by atoms with Crippen LogP contribution in [0.15, 0.2) is 55.0 Å². The molecule has 1 aliphatic rings. The Hall–Kier alpha value is -2.46. The lowest BCUT2D eigenvalue weighted by Gasteiger charge is -2.54. The second kappa shape index (κ2) is 7.10. The van der Waals surface area contributed by atoms with E-state index in [1.165, 1.54) is 23.3 Å². The number of hydrogen-bond donors (Lipinski definition) is 1. The number of nitrogens with one attached hydrogen (secondary N) is 1. The molecule has 4 rings (SSSR count). The van der Waals surface area contributed by atoms with Crippen LogP contribution < -0.4 is 0 Å². The van der Waals surface area contributed by atoms with Crippen LogP contribution in [0.4, 0.5) is 4.39 Å². The Labute approximate surface area is 173 Å². The number of piperidine rings is 1. The van der Waals surface area contributed by atoms with Crippen molar-refractivity contribution in [2.75, 3.05) is 7.05 Å². The van der Waals surface area contributed by atoms with Gasteiger partial charge in [-0.3, -0.25) is 9.88 Å². The first-order chi connectivity index (χ1) is 13.7. The Bertz CT molecular complexity index is 969. The molecule has 3 aromatic rings. The van der Waals surface area contributed by atoms with E-state index in [4.69, 9.17) is 0 Å². The fourth-order valence-electron chi connectivity index (χ4n) is 5.03. The second-order valence-corrected chi connectivity index (χ2v) is 9.53. The highest BCUT2D eigenvalue weighted by Crippen LogP contribution is 2.48. The first-order valence-electron chi connectivity index (χ1n) is 10.3. The van der Waals surface area contributed by atoms with E-state index < -0.39 is 0 Å². The van der Waals surface area contributed by atoms with E-state index in [0.717, 1.165) is 29.7 Å². The maximum atomic E-state index is 13.5. The van der Waals surface area contributed by atoms with Crippen molar-refractivity contribution in [3.63, 3.8) is 0 Å². The molecule has 0 unspecified atom stereocenters. The highest BCUT2D eigenvalue weighted by atomic mass is 19.1. The molecule has 0 saturated carbocycles. The molecule has 0 atom stereocenters. The Morgan fingerprint density at radius 2 is 1.52 bits per heavy atom. The number of aromatic nitrogens is 2. The minimum absolute atomic E-state index is 0.106. The van der Waals surface area contributed by atoms with Crippen molar-refractivity contribution < 1.29 is 4.39 Å². The Balaban J connectivity index is 1.85. The van der Waals surface area contributed by atoms with Gasteiger partial charge in [-0.2, -0.15) is 0 Å². The molecule has 0 bridgehead atoms. The zero-order chi connectivity index (χ0) is 20.8. The van der Waals surface area contributed by atoms with Crippen LogP contribution >= 0.6 is 0 Å². The van der Waals surface area contributed by atoms with Crippen molar-refractivity contribution in [3.05, 3.63) is 66.4 Å². The number of aromatic amines is 1. The lowest BCUT2D eigenvalue weighted by atomic mass is 9.71. The van der Waals surface area contributed by atoms with Gasteiger partial charge in [-0.15, -0.1) is 0 Å². The topological polar surface area (TPSA) is 31.9 Å². The molecule has 0 radical (unpaired) electrons. The number of rotatable bonds is 3. The van der Waals surface area contributed by atoms with Gasteiger partial charge in [0.2, 0.25) is 0 Å². The normalized spacial score (nSPS) is 19.4. The molecule has 4 heteroatoms. The molecule has 0 spiro atoms. The second-order valence-electron chi connectivity index (χ2n) is 9.53. The number of nitrogens with zero attached hydrogens (tertiary/aromatic N) is 2. The van der Waals surface area contributed by atoms with Gasteiger partial charge in [-0.1, -0.05) is 0 Å². The fourth-order valence-corrected chi connectivity index (χ4v) is 5.03. The highest BCUT2D eigenvalue weighted by Gasteiger charge is 2.44. The molecule has 2 aromatic heterocycles. The van der Waals surface area contributed by atoms with Gasteiger partial charge < -0.3 is 4.98 Å². The van der Waals surface area contributed by atoms with Crippen molar-refractivity contribution in [2.45, 2.75) is 57.5 Å². The van der Waals surface area contributed by atoms with Gasteiger partial charge in [-0.05, 0) is 107 Å². The summed E-state index contributed by atoms with van der Waals surface area (Å²) in [4.78, 5) is 10.2. The first kappa shape index (κ1) is 19.8. The van der Waals surface area contributed by atoms with Crippen molar-refractivity contribution in [1.29, 1.82) is 0 Å². The molecule has 29 heavy (non-hydrogen) atoms. The van der Waals surface area contributed by atoms with Crippen LogP contribution in [-0.2, 0) is 0 Å². The molecule has 3 heterocycles. The van der Waals surface area contributed by atoms with Gasteiger partial charge in [-0.25, -0.2) is 4.39 Å². The third-order valence-corrected chi connectivity index (χ3v) is 6.76. The Morgan fingerprint density at radius 1 is 0.931 bits per heavy atom. The van der Waals surface area contributed by atoms with Crippen LogP contribution in [0.3, 0.4) is 0 Å². The summed E-state index contributed by atoms with van der Waals surface area (Å²) in [6.45, 7) is 9.34. The van der Waals surface area contributed by atoms with Crippen molar-refractivity contribution in [1.82, 2.24) is 14.9 Å². The van der Waals surface area contributed by atoms with Crippen LogP contribution in [0.1, 0.15) is 52.0 Å². The molecule has 152 valence electrons. The number of hydrogen-bond acceptors (Lipinski definition) is 2. The molecule has 0 aliphatic carbocycles. The standard InChI is InChI=1S/C25H30FN3/c1-24(2)14-19(15-25(3,4)29(24)5)21-16-28-23(18-6-8-20(26)9-7-18)22(21)17-10-12-27-13-11-17/h6-13,16,19,28H,14-15H2,1-5H3. The fraction of sp³-hybridized carbons (Fsp3) is 0.400. The molecule has 1 fully saturated rings. The molecular formula is C25H30FN3. The van der Waals surface area contributed by atoms with Crippen LogP contribution in [0.2, 0.25) is 0 Å². The summed E-state index contributed by atoms with van der Waals surface area (Å²) in [7, 11) is 2.24. The van der Waals surface area contributed by atoms with Gasteiger partial charge in [0.05, 0.1) is 5.69 Å². The van der Waals surface area contributed by atoms with Gasteiger partial charge >= 0.3 is 0 Å². The monoisotopic (exact) mass is 391 g/mol. The quantitative estimate of drug-likeness (QED) is 0.572.